The number of hydrogen-bond acceptors (Lipinski definition) is 4. The highest BCUT2D eigenvalue weighted by Crippen LogP contribution is 2.35. The van der Waals surface area contributed by atoms with Crippen LogP contribution in [0, 0.1) is 10.8 Å². The second-order valence-corrected chi connectivity index (χ2v) is 11.1. The zero-order valence-corrected chi connectivity index (χ0v) is 16.8. The van der Waals surface area contributed by atoms with Crippen LogP contribution in [0.3, 0.4) is 0 Å². The summed E-state index contributed by atoms with van der Waals surface area (Å²) in [5.41, 5.74) is -0.0751. The average molecular weight is 362 g/mol. The molecule has 1 heterocycles. The van der Waals surface area contributed by atoms with E-state index in [0.29, 0.717) is 19.6 Å². The van der Waals surface area contributed by atoms with Gasteiger partial charge in [0.1, 0.15) is 0 Å². The van der Waals surface area contributed by atoms with E-state index in [2.05, 4.69) is 25.5 Å². The minimum Gasteiger partial charge on any atom is -0.381 e. The Labute approximate surface area is 145 Å². The lowest BCUT2D eigenvalue weighted by Crippen LogP contribution is -2.37. The van der Waals surface area contributed by atoms with E-state index in [-0.39, 0.29) is 22.6 Å². The molecule has 1 N–H and O–H groups in total. The van der Waals surface area contributed by atoms with E-state index < -0.39 is 10.0 Å². The third-order valence-corrected chi connectivity index (χ3v) is 5.59. The van der Waals surface area contributed by atoms with E-state index >= 15 is 0 Å². The van der Waals surface area contributed by atoms with Crippen molar-refractivity contribution in [1.82, 2.24) is 4.72 Å². The Kier molecular flexibility index (Phi) is 7.26. The minimum absolute atomic E-state index is 0.0924. The standard InChI is InChI=1S/C17H31NO3S2/c1-16(2,3)13-21-10-8-12-23(19,20)18-15(17(4,5)6)14-9-7-11-22-14/h7,9,11,15,18H,8,10,12-13H2,1-6H3/t15-/m1/s1. The van der Waals surface area contributed by atoms with Gasteiger partial charge in [0.2, 0.25) is 10.0 Å². The molecule has 0 bridgehead atoms. The smallest absolute Gasteiger partial charge is 0.212 e. The van der Waals surface area contributed by atoms with Gasteiger partial charge in [-0.15, -0.1) is 11.3 Å². The van der Waals surface area contributed by atoms with Crippen LogP contribution in [0.2, 0.25) is 0 Å². The minimum atomic E-state index is -3.33. The van der Waals surface area contributed by atoms with Gasteiger partial charge in [-0.2, -0.15) is 0 Å². The fourth-order valence-electron chi connectivity index (χ4n) is 2.09. The lowest BCUT2D eigenvalue weighted by atomic mass is 9.86. The molecule has 1 aromatic heterocycles. The zero-order valence-electron chi connectivity index (χ0n) is 15.2. The van der Waals surface area contributed by atoms with Crippen LogP contribution in [-0.4, -0.2) is 27.4 Å². The third kappa shape index (κ3) is 8.29. The van der Waals surface area contributed by atoms with E-state index in [9.17, 15) is 8.42 Å². The Hall–Kier alpha value is -0.430. The molecule has 0 aliphatic rings. The summed E-state index contributed by atoms with van der Waals surface area (Å²) in [7, 11) is -3.33. The number of rotatable bonds is 8. The first-order valence-electron chi connectivity index (χ1n) is 8.02. The van der Waals surface area contributed by atoms with Gasteiger partial charge in [0.25, 0.3) is 0 Å². The summed E-state index contributed by atoms with van der Waals surface area (Å²) in [5, 5.41) is 1.97. The first kappa shape index (κ1) is 20.6. The Bertz CT molecular complexity index is 552. The Morgan fingerprint density at radius 2 is 1.87 bits per heavy atom. The summed E-state index contributed by atoms with van der Waals surface area (Å²) in [5.74, 6) is 0.0924. The number of ether oxygens (including phenoxy) is 1. The third-order valence-electron chi connectivity index (χ3n) is 3.23. The summed E-state index contributed by atoms with van der Waals surface area (Å²) in [4.78, 5) is 1.05. The van der Waals surface area contributed by atoms with Gasteiger partial charge in [-0.1, -0.05) is 47.6 Å². The molecule has 0 aliphatic carbocycles. The van der Waals surface area contributed by atoms with Crippen LogP contribution in [-0.2, 0) is 14.8 Å². The van der Waals surface area contributed by atoms with Crippen molar-refractivity contribution in [3.05, 3.63) is 22.4 Å². The number of hydrogen-bond donors (Lipinski definition) is 1. The normalized spacial score (nSPS) is 14.9. The molecule has 0 fully saturated rings. The van der Waals surface area contributed by atoms with E-state index in [0.717, 1.165) is 4.88 Å². The van der Waals surface area contributed by atoms with Gasteiger partial charge in [-0.25, -0.2) is 13.1 Å². The molecule has 0 aromatic carbocycles. The molecule has 0 spiro atoms. The number of sulfonamides is 1. The first-order valence-corrected chi connectivity index (χ1v) is 10.6. The predicted molar refractivity (Wildman–Crippen MR) is 98.3 cm³/mol. The lowest BCUT2D eigenvalue weighted by molar-refractivity contribution is 0.0720. The van der Waals surface area contributed by atoms with Gasteiger partial charge < -0.3 is 4.74 Å². The maximum Gasteiger partial charge on any atom is 0.212 e. The Morgan fingerprint density at radius 3 is 2.35 bits per heavy atom. The quantitative estimate of drug-likeness (QED) is 0.706. The van der Waals surface area contributed by atoms with Crippen LogP contribution < -0.4 is 4.72 Å². The van der Waals surface area contributed by atoms with Crippen molar-refractivity contribution in [2.45, 2.75) is 54.0 Å². The first-order chi connectivity index (χ1) is 10.4. The molecule has 1 atom stereocenters. The van der Waals surface area contributed by atoms with Crippen LogP contribution in [0.25, 0.3) is 0 Å². The molecule has 0 saturated heterocycles. The van der Waals surface area contributed by atoms with Gasteiger partial charge in [0, 0.05) is 11.5 Å². The molecule has 0 amide bonds. The van der Waals surface area contributed by atoms with Crippen molar-refractivity contribution in [3.8, 4) is 0 Å². The summed E-state index contributed by atoms with van der Waals surface area (Å²) in [6.07, 6.45) is 0.507. The topological polar surface area (TPSA) is 55.4 Å². The van der Waals surface area contributed by atoms with Crippen molar-refractivity contribution >= 4 is 21.4 Å². The second-order valence-electron chi connectivity index (χ2n) is 8.22. The molecular formula is C17H31NO3S2. The van der Waals surface area contributed by atoms with Crippen molar-refractivity contribution in [3.63, 3.8) is 0 Å². The fraction of sp³-hybridized carbons (Fsp3) is 0.765. The highest BCUT2D eigenvalue weighted by atomic mass is 32.2. The average Bonchev–Trinajstić information content (AvgIpc) is 2.86. The molecule has 1 aromatic rings. The predicted octanol–water partition coefficient (Wildman–Crippen LogP) is 4.21. The van der Waals surface area contributed by atoms with E-state index in [1.165, 1.54) is 0 Å². The van der Waals surface area contributed by atoms with Gasteiger partial charge in [0.05, 0.1) is 18.4 Å². The lowest BCUT2D eigenvalue weighted by Gasteiger charge is -2.30. The van der Waals surface area contributed by atoms with E-state index in [1.54, 1.807) is 11.3 Å². The molecule has 23 heavy (non-hydrogen) atoms. The molecule has 0 aliphatic heterocycles. The highest BCUT2D eigenvalue weighted by Gasteiger charge is 2.30. The highest BCUT2D eigenvalue weighted by molar-refractivity contribution is 7.89. The van der Waals surface area contributed by atoms with Crippen LogP contribution >= 0.6 is 11.3 Å². The van der Waals surface area contributed by atoms with E-state index in [4.69, 9.17) is 4.74 Å². The SMILES string of the molecule is CC(C)(C)COCCCS(=O)(=O)N[C@H](c1cccs1)C(C)(C)C. The van der Waals surface area contributed by atoms with Crippen molar-refractivity contribution in [2.24, 2.45) is 10.8 Å². The number of thiophene rings is 1. The van der Waals surface area contributed by atoms with Gasteiger partial charge in [0.15, 0.2) is 0 Å². The monoisotopic (exact) mass is 361 g/mol. The summed E-state index contributed by atoms with van der Waals surface area (Å²) >= 11 is 1.58. The summed E-state index contributed by atoms with van der Waals surface area (Å²) in [6, 6.07) is 3.73. The molecule has 1 rings (SSSR count). The molecule has 6 heteroatoms. The molecule has 134 valence electrons. The maximum absolute atomic E-state index is 12.4. The zero-order chi connectivity index (χ0) is 17.7. The molecule has 0 unspecified atom stereocenters. The van der Waals surface area contributed by atoms with Gasteiger partial charge in [-0.05, 0) is 28.7 Å². The molecule has 0 saturated carbocycles. The van der Waals surface area contributed by atoms with Crippen molar-refractivity contribution < 1.29 is 13.2 Å². The maximum atomic E-state index is 12.4. The Morgan fingerprint density at radius 1 is 1.22 bits per heavy atom. The van der Waals surface area contributed by atoms with Crippen LogP contribution in [0.4, 0.5) is 0 Å². The fourth-order valence-corrected chi connectivity index (χ4v) is 4.63. The van der Waals surface area contributed by atoms with Crippen molar-refractivity contribution in [1.29, 1.82) is 0 Å². The van der Waals surface area contributed by atoms with E-state index in [1.807, 2.05) is 38.3 Å². The molecule has 0 radical (unpaired) electrons. The van der Waals surface area contributed by atoms with Crippen LogP contribution in [0.5, 0.6) is 0 Å². The largest absolute Gasteiger partial charge is 0.381 e. The van der Waals surface area contributed by atoms with Gasteiger partial charge in [-0.3, -0.25) is 0 Å². The summed E-state index contributed by atoms with van der Waals surface area (Å²) in [6.45, 7) is 13.5. The van der Waals surface area contributed by atoms with Gasteiger partial charge >= 0.3 is 0 Å². The number of nitrogens with one attached hydrogen (secondary N) is 1. The van der Waals surface area contributed by atoms with Crippen LogP contribution in [0.15, 0.2) is 17.5 Å². The van der Waals surface area contributed by atoms with Crippen molar-refractivity contribution in [2.75, 3.05) is 19.0 Å². The molecular weight excluding hydrogens is 330 g/mol. The second kappa shape index (κ2) is 8.10. The molecule has 4 nitrogen and oxygen atoms in total. The Balaban J connectivity index is 2.55. The summed E-state index contributed by atoms with van der Waals surface area (Å²) < 4.78 is 33.2. The van der Waals surface area contributed by atoms with Crippen LogP contribution in [0.1, 0.15) is 58.9 Å².